The van der Waals surface area contributed by atoms with Crippen molar-refractivity contribution in [3.8, 4) is 5.69 Å². The maximum absolute atomic E-state index is 12.2. The van der Waals surface area contributed by atoms with Gasteiger partial charge in [0.25, 0.3) is 11.8 Å². The minimum absolute atomic E-state index is 0.0153. The molecule has 2 N–H and O–H groups in total. The molecule has 1 aliphatic rings. The van der Waals surface area contributed by atoms with Gasteiger partial charge in [-0.25, -0.2) is 4.68 Å². The predicted octanol–water partition coefficient (Wildman–Crippen LogP) is 1.34. The lowest BCUT2D eigenvalue weighted by Gasteiger charge is -2.19. The Balaban J connectivity index is 1.52. The highest BCUT2D eigenvalue weighted by Gasteiger charge is 2.19. The highest BCUT2D eigenvalue weighted by Crippen LogP contribution is 2.12. The van der Waals surface area contributed by atoms with Crippen LogP contribution < -0.4 is 10.9 Å². The molecule has 142 valence electrons. The lowest BCUT2D eigenvalue weighted by atomic mass is 10.2. The summed E-state index contributed by atoms with van der Waals surface area (Å²) in [7, 11) is 0. The Hall–Kier alpha value is -3.16. The normalized spacial score (nSPS) is 14.6. The van der Waals surface area contributed by atoms with Crippen molar-refractivity contribution in [2.45, 2.75) is 32.6 Å². The van der Waals surface area contributed by atoms with Crippen LogP contribution in [0, 0.1) is 6.92 Å². The van der Waals surface area contributed by atoms with Gasteiger partial charge >= 0.3 is 0 Å². The van der Waals surface area contributed by atoms with Crippen LogP contribution in [0.4, 0.5) is 0 Å². The van der Waals surface area contributed by atoms with Crippen LogP contribution in [-0.4, -0.2) is 45.5 Å². The summed E-state index contributed by atoms with van der Waals surface area (Å²) in [5.74, 6) is -0.852. The Labute approximate surface area is 157 Å². The molecule has 0 spiro atoms. The summed E-state index contributed by atoms with van der Waals surface area (Å²) in [4.78, 5) is 37.7. The number of benzene rings is 1. The number of carbonyl (C=O) groups is 3. The van der Waals surface area contributed by atoms with Gasteiger partial charge in [0, 0.05) is 30.4 Å². The number of nitrogens with one attached hydrogen (secondary N) is 2. The van der Waals surface area contributed by atoms with Gasteiger partial charge in [0.2, 0.25) is 5.91 Å². The molecule has 1 aliphatic heterocycles. The van der Waals surface area contributed by atoms with Gasteiger partial charge in [-0.15, -0.1) is 0 Å². The zero-order valence-corrected chi connectivity index (χ0v) is 15.3. The Morgan fingerprint density at radius 3 is 2.56 bits per heavy atom. The summed E-state index contributed by atoms with van der Waals surface area (Å²) < 4.78 is 1.77. The van der Waals surface area contributed by atoms with E-state index in [0.29, 0.717) is 18.5 Å². The van der Waals surface area contributed by atoms with Crippen LogP contribution >= 0.6 is 0 Å². The van der Waals surface area contributed by atoms with Crippen molar-refractivity contribution in [1.82, 2.24) is 25.5 Å². The van der Waals surface area contributed by atoms with Crippen LogP contribution in [0.15, 0.2) is 36.5 Å². The van der Waals surface area contributed by atoms with E-state index in [1.54, 1.807) is 35.1 Å². The van der Waals surface area contributed by atoms with Gasteiger partial charge in [0.05, 0.1) is 5.69 Å². The highest BCUT2D eigenvalue weighted by molar-refractivity contribution is 5.96. The molecule has 2 heterocycles. The second-order valence-electron chi connectivity index (χ2n) is 6.56. The third-order valence-corrected chi connectivity index (χ3v) is 4.53. The van der Waals surface area contributed by atoms with Gasteiger partial charge in [-0.05, 0) is 50.1 Å². The summed E-state index contributed by atoms with van der Waals surface area (Å²) in [5.41, 5.74) is 7.00. The molecule has 27 heavy (non-hydrogen) atoms. The highest BCUT2D eigenvalue weighted by atomic mass is 16.2. The van der Waals surface area contributed by atoms with Crippen LogP contribution in [0.2, 0.25) is 0 Å². The third kappa shape index (κ3) is 4.72. The molecule has 1 aromatic heterocycles. The van der Waals surface area contributed by atoms with Crippen molar-refractivity contribution in [3.05, 3.63) is 47.8 Å². The minimum Gasteiger partial charge on any atom is -0.333 e. The monoisotopic (exact) mass is 369 g/mol. The van der Waals surface area contributed by atoms with E-state index in [-0.39, 0.29) is 12.5 Å². The molecular formula is C19H23N5O3. The Morgan fingerprint density at radius 2 is 1.85 bits per heavy atom. The van der Waals surface area contributed by atoms with Gasteiger partial charge in [0.1, 0.15) is 6.54 Å². The molecule has 8 heteroatoms. The van der Waals surface area contributed by atoms with E-state index < -0.39 is 11.8 Å². The first kappa shape index (κ1) is 18.6. The molecule has 1 saturated heterocycles. The smallest absolute Gasteiger partial charge is 0.269 e. The van der Waals surface area contributed by atoms with Crippen LogP contribution in [0.5, 0.6) is 0 Å². The Morgan fingerprint density at radius 1 is 1.07 bits per heavy atom. The third-order valence-electron chi connectivity index (χ3n) is 4.53. The standard InChI is InChI=1S/C19H23N5O3/c1-14-10-11-20-24(14)16-8-6-15(7-9-16)19(27)22-21-17(25)13-23-12-4-2-3-5-18(23)26/h6-11H,2-5,12-13H2,1H3,(H,21,25)(H,22,27). The number of hydrogen-bond donors (Lipinski definition) is 2. The predicted molar refractivity (Wildman–Crippen MR) is 99.0 cm³/mol. The van der Waals surface area contributed by atoms with Gasteiger partial charge < -0.3 is 4.90 Å². The van der Waals surface area contributed by atoms with Crippen molar-refractivity contribution >= 4 is 17.7 Å². The molecule has 0 aliphatic carbocycles. The Bertz CT molecular complexity index is 828. The van der Waals surface area contributed by atoms with Crippen molar-refractivity contribution < 1.29 is 14.4 Å². The van der Waals surface area contributed by atoms with Crippen LogP contribution in [0.1, 0.15) is 41.7 Å². The van der Waals surface area contributed by atoms with Gasteiger partial charge in [-0.2, -0.15) is 5.10 Å². The molecule has 1 aromatic carbocycles. The second-order valence-corrected chi connectivity index (χ2v) is 6.56. The lowest BCUT2D eigenvalue weighted by molar-refractivity contribution is -0.135. The van der Waals surface area contributed by atoms with Crippen LogP contribution in [-0.2, 0) is 9.59 Å². The largest absolute Gasteiger partial charge is 0.333 e. The number of aromatic nitrogens is 2. The summed E-state index contributed by atoms with van der Waals surface area (Å²) in [6, 6.07) is 8.79. The molecule has 0 atom stereocenters. The first-order valence-corrected chi connectivity index (χ1v) is 9.02. The van der Waals surface area contributed by atoms with Gasteiger partial charge in [0.15, 0.2) is 0 Å². The maximum Gasteiger partial charge on any atom is 0.269 e. The van der Waals surface area contributed by atoms with Crippen molar-refractivity contribution in [2.75, 3.05) is 13.1 Å². The number of nitrogens with zero attached hydrogens (tertiary/aromatic N) is 3. The van der Waals surface area contributed by atoms with E-state index in [9.17, 15) is 14.4 Å². The first-order chi connectivity index (χ1) is 13.0. The quantitative estimate of drug-likeness (QED) is 0.795. The zero-order chi connectivity index (χ0) is 19.2. The van der Waals surface area contributed by atoms with Crippen molar-refractivity contribution in [2.24, 2.45) is 0 Å². The fourth-order valence-corrected chi connectivity index (χ4v) is 3.01. The fourth-order valence-electron chi connectivity index (χ4n) is 3.01. The molecule has 1 fully saturated rings. The van der Waals surface area contributed by atoms with Crippen molar-refractivity contribution in [1.29, 1.82) is 0 Å². The van der Waals surface area contributed by atoms with E-state index in [1.807, 2.05) is 13.0 Å². The molecule has 0 bridgehead atoms. The number of carbonyl (C=O) groups excluding carboxylic acids is 3. The van der Waals surface area contributed by atoms with Gasteiger partial charge in [-0.3, -0.25) is 25.2 Å². The second kappa shape index (κ2) is 8.48. The average Bonchev–Trinajstić information content (AvgIpc) is 3.00. The number of aryl methyl sites for hydroxylation is 1. The van der Waals surface area contributed by atoms with Crippen LogP contribution in [0.25, 0.3) is 5.69 Å². The summed E-state index contributed by atoms with van der Waals surface area (Å²) >= 11 is 0. The number of rotatable bonds is 4. The number of hydrazine groups is 1. The fraction of sp³-hybridized carbons (Fsp3) is 0.368. The minimum atomic E-state index is -0.422. The van der Waals surface area contributed by atoms with E-state index in [0.717, 1.165) is 30.6 Å². The first-order valence-electron chi connectivity index (χ1n) is 9.02. The van der Waals surface area contributed by atoms with Crippen molar-refractivity contribution in [3.63, 3.8) is 0 Å². The molecular weight excluding hydrogens is 346 g/mol. The SMILES string of the molecule is Cc1ccnn1-c1ccc(C(=O)NNC(=O)CN2CCCCCC2=O)cc1. The molecule has 3 rings (SSSR count). The van der Waals surface area contributed by atoms with E-state index in [2.05, 4.69) is 16.0 Å². The molecule has 0 saturated carbocycles. The topological polar surface area (TPSA) is 96.3 Å². The average molecular weight is 369 g/mol. The van der Waals surface area contributed by atoms with E-state index in [4.69, 9.17) is 0 Å². The number of likely N-dealkylation sites (tertiary alicyclic amines) is 1. The van der Waals surface area contributed by atoms with E-state index in [1.165, 1.54) is 4.90 Å². The van der Waals surface area contributed by atoms with Crippen LogP contribution in [0.3, 0.4) is 0 Å². The molecule has 3 amide bonds. The lowest BCUT2D eigenvalue weighted by Crippen LogP contribution is -2.47. The molecule has 8 nitrogen and oxygen atoms in total. The Kier molecular flexibility index (Phi) is 5.85. The summed E-state index contributed by atoms with van der Waals surface area (Å²) in [6.45, 7) is 2.48. The molecule has 0 radical (unpaired) electrons. The molecule has 0 unspecified atom stereocenters. The zero-order valence-electron chi connectivity index (χ0n) is 15.3. The van der Waals surface area contributed by atoms with E-state index >= 15 is 0 Å². The van der Waals surface area contributed by atoms with Gasteiger partial charge in [-0.1, -0.05) is 6.42 Å². The maximum atomic E-state index is 12.2. The summed E-state index contributed by atoms with van der Waals surface area (Å²) in [5, 5.41) is 4.22. The molecule has 2 aromatic rings. The number of hydrogen-bond acceptors (Lipinski definition) is 4. The summed E-state index contributed by atoms with van der Waals surface area (Å²) in [6.07, 6.45) is 4.94. The number of amides is 3.